The standard InChI is InChI=1S/C19H20ClF/c20-13-16(9-14-3-1-6-19(21)12-14)10-15-7-8-17-4-2-5-18(17)11-15/h1,3,6-8,11-12,16H,2,4-5,9-10,13H2. The molecule has 21 heavy (non-hydrogen) atoms. The summed E-state index contributed by atoms with van der Waals surface area (Å²) < 4.78 is 13.3. The van der Waals surface area contributed by atoms with E-state index in [0.717, 1.165) is 18.4 Å². The van der Waals surface area contributed by atoms with Gasteiger partial charge in [0.05, 0.1) is 0 Å². The van der Waals surface area contributed by atoms with Crippen molar-refractivity contribution < 1.29 is 4.39 Å². The molecule has 1 atom stereocenters. The molecule has 0 heterocycles. The molecule has 3 rings (SSSR count). The van der Waals surface area contributed by atoms with Gasteiger partial charge in [0, 0.05) is 5.88 Å². The van der Waals surface area contributed by atoms with E-state index in [0.29, 0.717) is 11.8 Å². The fraction of sp³-hybridized carbons (Fsp3) is 0.368. The van der Waals surface area contributed by atoms with Crippen LogP contribution in [-0.2, 0) is 25.7 Å². The molecule has 0 aliphatic heterocycles. The van der Waals surface area contributed by atoms with Crippen LogP contribution in [0.15, 0.2) is 42.5 Å². The smallest absolute Gasteiger partial charge is 0.123 e. The highest BCUT2D eigenvalue weighted by Gasteiger charge is 2.14. The van der Waals surface area contributed by atoms with Crippen LogP contribution < -0.4 is 0 Å². The molecule has 0 aromatic heterocycles. The number of halogens is 2. The Labute approximate surface area is 131 Å². The number of benzene rings is 2. The Morgan fingerprint density at radius 3 is 2.48 bits per heavy atom. The number of rotatable bonds is 5. The van der Waals surface area contributed by atoms with Gasteiger partial charge in [-0.15, -0.1) is 11.6 Å². The molecule has 1 aliphatic rings. The second kappa shape index (κ2) is 6.62. The van der Waals surface area contributed by atoms with Gasteiger partial charge in [-0.05, 0) is 72.4 Å². The van der Waals surface area contributed by atoms with Crippen molar-refractivity contribution >= 4 is 11.6 Å². The van der Waals surface area contributed by atoms with Crippen LogP contribution >= 0.6 is 11.6 Å². The molecule has 0 saturated carbocycles. The first-order valence-electron chi connectivity index (χ1n) is 7.65. The Kier molecular flexibility index (Phi) is 4.60. The van der Waals surface area contributed by atoms with Crippen molar-refractivity contribution in [3.63, 3.8) is 0 Å². The van der Waals surface area contributed by atoms with E-state index in [-0.39, 0.29) is 5.82 Å². The lowest BCUT2D eigenvalue weighted by Gasteiger charge is -2.15. The molecule has 0 fully saturated rings. The number of fused-ring (bicyclic) bond motifs is 1. The normalized spacial score (nSPS) is 15.0. The first-order valence-corrected chi connectivity index (χ1v) is 8.19. The number of hydrogen-bond donors (Lipinski definition) is 0. The van der Waals surface area contributed by atoms with E-state index in [1.54, 1.807) is 12.1 Å². The second-order valence-electron chi connectivity index (χ2n) is 6.02. The third kappa shape index (κ3) is 3.65. The Balaban J connectivity index is 1.69. The van der Waals surface area contributed by atoms with E-state index in [1.807, 2.05) is 6.07 Å². The molecular weight excluding hydrogens is 283 g/mol. The van der Waals surface area contributed by atoms with E-state index in [1.165, 1.54) is 42.0 Å². The molecule has 0 spiro atoms. The molecule has 0 N–H and O–H groups in total. The lowest BCUT2D eigenvalue weighted by Crippen LogP contribution is -2.10. The number of aryl methyl sites for hydroxylation is 2. The first kappa shape index (κ1) is 14.6. The lowest BCUT2D eigenvalue weighted by atomic mass is 9.92. The molecule has 2 aromatic rings. The van der Waals surface area contributed by atoms with Gasteiger partial charge < -0.3 is 0 Å². The molecule has 0 nitrogen and oxygen atoms in total. The number of alkyl halides is 1. The molecule has 2 aromatic carbocycles. The molecule has 0 bridgehead atoms. The maximum absolute atomic E-state index is 13.3. The minimum absolute atomic E-state index is 0.168. The number of hydrogen-bond acceptors (Lipinski definition) is 0. The molecule has 0 radical (unpaired) electrons. The molecule has 0 saturated heterocycles. The van der Waals surface area contributed by atoms with Crippen molar-refractivity contribution in [1.29, 1.82) is 0 Å². The topological polar surface area (TPSA) is 0 Å². The van der Waals surface area contributed by atoms with Crippen molar-refractivity contribution in [2.24, 2.45) is 5.92 Å². The van der Waals surface area contributed by atoms with Crippen LogP contribution in [0.25, 0.3) is 0 Å². The average molecular weight is 303 g/mol. The lowest BCUT2D eigenvalue weighted by molar-refractivity contribution is 0.576. The predicted molar refractivity (Wildman–Crippen MR) is 86.5 cm³/mol. The molecule has 0 amide bonds. The Hall–Kier alpha value is -1.34. The maximum Gasteiger partial charge on any atom is 0.123 e. The van der Waals surface area contributed by atoms with Crippen LogP contribution in [0, 0.1) is 11.7 Å². The van der Waals surface area contributed by atoms with E-state index in [9.17, 15) is 4.39 Å². The molecule has 110 valence electrons. The van der Waals surface area contributed by atoms with Gasteiger partial charge in [0.2, 0.25) is 0 Å². The second-order valence-corrected chi connectivity index (χ2v) is 6.32. The van der Waals surface area contributed by atoms with Crippen molar-refractivity contribution in [3.8, 4) is 0 Å². The maximum atomic E-state index is 13.3. The van der Waals surface area contributed by atoms with Gasteiger partial charge in [0.15, 0.2) is 0 Å². The average Bonchev–Trinajstić information content (AvgIpc) is 2.94. The minimum atomic E-state index is -0.168. The predicted octanol–water partition coefficient (Wildman–Crippen LogP) is 4.95. The summed E-state index contributed by atoms with van der Waals surface area (Å²) in [6.07, 6.45) is 5.50. The summed E-state index contributed by atoms with van der Waals surface area (Å²) in [4.78, 5) is 0. The van der Waals surface area contributed by atoms with Gasteiger partial charge in [-0.25, -0.2) is 4.39 Å². The van der Waals surface area contributed by atoms with Crippen molar-refractivity contribution in [3.05, 3.63) is 70.5 Å². The summed E-state index contributed by atoms with van der Waals surface area (Å²) in [5, 5.41) is 0. The third-order valence-corrected chi connectivity index (χ3v) is 4.76. The molecule has 1 unspecified atom stereocenters. The fourth-order valence-corrected chi connectivity index (χ4v) is 3.48. The third-order valence-electron chi connectivity index (χ3n) is 4.32. The summed E-state index contributed by atoms with van der Waals surface area (Å²) in [5.41, 5.74) is 5.40. The van der Waals surface area contributed by atoms with Crippen LogP contribution in [0.1, 0.15) is 28.7 Å². The highest BCUT2D eigenvalue weighted by atomic mass is 35.5. The Morgan fingerprint density at radius 2 is 1.71 bits per heavy atom. The van der Waals surface area contributed by atoms with Gasteiger partial charge in [0.1, 0.15) is 5.82 Å². The van der Waals surface area contributed by atoms with Gasteiger partial charge in [0.25, 0.3) is 0 Å². The van der Waals surface area contributed by atoms with Crippen LogP contribution in [0.3, 0.4) is 0 Å². The van der Waals surface area contributed by atoms with Gasteiger partial charge >= 0.3 is 0 Å². The van der Waals surface area contributed by atoms with E-state index in [4.69, 9.17) is 11.6 Å². The van der Waals surface area contributed by atoms with E-state index in [2.05, 4.69) is 18.2 Å². The zero-order chi connectivity index (χ0) is 14.7. The summed E-state index contributed by atoms with van der Waals surface area (Å²) in [6.45, 7) is 0. The van der Waals surface area contributed by atoms with Crippen molar-refractivity contribution in [2.45, 2.75) is 32.1 Å². The Bertz CT molecular complexity index is 621. The fourth-order valence-electron chi connectivity index (χ4n) is 3.26. The zero-order valence-electron chi connectivity index (χ0n) is 12.1. The van der Waals surface area contributed by atoms with Gasteiger partial charge in [-0.3, -0.25) is 0 Å². The highest BCUT2D eigenvalue weighted by molar-refractivity contribution is 6.18. The summed E-state index contributed by atoms with van der Waals surface area (Å²) >= 11 is 6.13. The van der Waals surface area contributed by atoms with E-state index < -0.39 is 0 Å². The quantitative estimate of drug-likeness (QED) is 0.685. The molecule has 1 aliphatic carbocycles. The van der Waals surface area contributed by atoms with Crippen LogP contribution in [-0.4, -0.2) is 5.88 Å². The molecule has 2 heteroatoms. The summed E-state index contributed by atoms with van der Waals surface area (Å²) in [6, 6.07) is 13.7. The Morgan fingerprint density at radius 1 is 0.952 bits per heavy atom. The zero-order valence-corrected chi connectivity index (χ0v) is 12.9. The summed E-state index contributed by atoms with van der Waals surface area (Å²) in [5.74, 6) is 0.791. The molecular formula is C19H20ClF. The van der Waals surface area contributed by atoms with Crippen LogP contribution in [0.2, 0.25) is 0 Å². The minimum Gasteiger partial charge on any atom is -0.207 e. The van der Waals surface area contributed by atoms with Gasteiger partial charge in [-0.2, -0.15) is 0 Å². The van der Waals surface area contributed by atoms with Crippen LogP contribution in [0.4, 0.5) is 4.39 Å². The van der Waals surface area contributed by atoms with Crippen LogP contribution in [0.5, 0.6) is 0 Å². The van der Waals surface area contributed by atoms with Crippen molar-refractivity contribution in [1.82, 2.24) is 0 Å². The summed E-state index contributed by atoms with van der Waals surface area (Å²) in [7, 11) is 0. The van der Waals surface area contributed by atoms with Crippen molar-refractivity contribution in [2.75, 3.05) is 5.88 Å². The first-order chi connectivity index (χ1) is 10.2. The van der Waals surface area contributed by atoms with Gasteiger partial charge in [-0.1, -0.05) is 30.3 Å². The highest BCUT2D eigenvalue weighted by Crippen LogP contribution is 2.25. The van der Waals surface area contributed by atoms with E-state index >= 15 is 0 Å². The monoisotopic (exact) mass is 302 g/mol. The SMILES string of the molecule is Fc1cccc(CC(CCl)Cc2ccc3c(c2)CCC3)c1. The largest absolute Gasteiger partial charge is 0.207 e.